The molecule has 0 aliphatic heterocycles. The van der Waals surface area contributed by atoms with Crippen LogP contribution in [-0.4, -0.2) is 26.3 Å². The van der Waals surface area contributed by atoms with Crippen molar-refractivity contribution >= 4 is 5.69 Å². The fourth-order valence-corrected chi connectivity index (χ4v) is 1.33. The minimum Gasteiger partial charge on any atom is -0.384 e. The van der Waals surface area contributed by atoms with Gasteiger partial charge < -0.3 is 5.32 Å². The average Bonchev–Trinajstić information content (AvgIpc) is 2.64. The molecule has 1 N–H and O–H groups in total. The van der Waals surface area contributed by atoms with Crippen LogP contribution in [0.25, 0.3) is 0 Å². The van der Waals surface area contributed by atoms with Gasteiger partial charge in [-0.15, -0.1) is 0 Å². The van der Waals surface area contributed by atoms with Crippen molar-refractivity contribution < 1.29 is 4.39 Å². The van der Waals surface area contributed by atoms with Crippen LogP contribution in [0.4, 0.5) is 10.1 Å². The molecule has 5 nitrogen and oxygen atoms in total. The van der Waals surface area contributed by atoms with E-state index in [9.17, 15) is 4.39 Å². The Balaban J connectivity index is 1.84. The first-order valence-electron chi connectivity index (χ1n) is 4.94. The number of hydrogen-bond acceptors (Lipinski definition) is 4. The Morgan fingerprint density at radius 1 is 1.44 bits per heavy atom. The Bertz CT molecular complexity index is 468. The minimum absolute atomic E-state index is 0.485. The zero-order valence-electron chi connectivity index (χ0n) is 8.89. The largest absolute Gasteiger partial charge is 0.384 e. The molecule has 2 rings (SSSR count). The molecule has 16 heavy (non-hydrogen) atoms. The molecule has 0 aliphatic rings. The maximum atomic E-state index is 12.7. The first-order chi connectivity index (χ1) is 7.74. The molecule has 0 atom stereocenters. The summed E-state index contributed by atoms with van der Waals surface area (Å²) in [4.78, 5) is 7.56. The second-order valence-corrected chi connectivity index (χ2v) is 3.38. The molecule has 0 amide bonds. The van der Waals surface area contributed by atoms with Gasteiger partial charge in [0.25, 0.3) is 0 Å². The molecule has 0 fully saturated rings. The number of nitrogens with one attached hydrogen (secondary N) is 1. The van der Waals surface area contributed by atoms with E-state index in [1.807, 2.05) is 7.05 Å². The van der Waals surface area contributed by atoms with Crippen LogP contribution in [0, 0.1) is 5.95 Å². The highest BCUT2D eigenvalue weighted by atomic mass is 19.1. The van der Waals surface area contributed by atoms with Crippen molar-refractivity contribution in [3.63, 3.8) is 0 Å². The lowest BCUT2D eigenvalue weighted by Crippen LogP contribution is -2.06. The standard InChI is InChI=1S/C10H12FN5/c1-16-7-14-10(15-16)3-5-12-8-2-4-13-9(11)6-8/h2,4,6-7H,3,5H2,1H3,(H,12,13). The van der Waals surface area contributed by atoms with Gasteiger partial charge in [-0.3, -0.25) is 4.68 Å². The molecule has 0 saturated heterocycles. The van der Waals surface area contributed by atoms with Gasteiger partial charge in [0.05, 0.1) is 0 Å². The summed E-state index contributed by atoms with van der Waals surface area (Å²) < 4.78 is 14.4. The lowest BCUT2D eigenvalue weighted by molar-refractivity contribution is 0.584. The molecule has 0 aromatic carbocycles. The Kier molecular flexibility index (Phi) is 3.09. The summed E-state index contributed by atoms with van der Waals surface area (Å²) in [5, 5.41) is 7.21. The first-order valence-corrected chi connectivity index (χ1v) is 4.94. The number of halogens is 1. The van der Waals surface area contributed by atoms with Crippen LogP contribution in [0.15, 0.2) is 24.7 Å². The van der Waals surface area contributed by atoms with Crippen LogP contribution in [0.1, 0.15) is 5.82 Å². The van der Waals surface area contributed by atoms with E-state index in [0.717, 1.165) is 5.82 Å². The molecule has 84 valence electrons. The maximum absolute atomic E-state index is 12.7. The van der Waals surface area contributed by atoms with E-state index in [0.29, 0.717) is 18.7 Å². The van der Waals surface area contributed by atoms with Gasteiger partial charge in [0.15, 0.2) is 5.82 Å². The van der Waals surface area contributed by atoms with Crippen LogP contribution in [0.2, 0.25) is 0 Å². The smallest absolute Gasteiger partial charge is 0.214 e. The van der Waals surface area contributed by atoms with Crippen molar-refractivity contribution in [2.24, 2.45) is 7.05 Å². The highest BCUT2D eigenvalue weighted by Crippen LogP contribution is 2.06. The molecule has 0 aliphatic carbocycles. The highest BCUT2D eigenvalue weighted by Gasteiger charge is 1.99. The van der Waals surface area contributed by atoms with Gasteiger partial charge in [0, 0.05) is 38.0 Å². The number of anilines is 1. The zero-order chi connectivity index (χ0) is 11.4. The molecule has 0 bridgehead atoms. The van der Waals surface area contributed by atoms with E-state index in [4.69, 9.17) is 0 Å². The number of pyridine rings is 1. The average molecular weight is 221 g/mol. The van der Waals surface area contributed by atoms with Crippen LogP contribution < -0.4 is 5.32 Å². The quantitative estimate of drug-likeness (QED) is 0.783. The topological polar surface area (TPSA) is 55.6 Å². The van der Waals surface area contributed by atoms with E-state index >= 15 is 0 Å². The lowest BCUT2D eigenvalue weighted by atomic mass is 10.3. The van der Waals surface area contributed by atoms with Crippen LogP contribution >= 0.6 is 0 Å². The summed E-state index contributed by atoms with van der Waals surface area (Å²) in [6, 6.07) is 3.07. The van der Waals surface area contributed by atoms with Gasteiger partial charge in [0.2, 0.25) is 5.95 Å². The Labute approximate surface area is 92.3 Å². The summed E-state index contributed by atoms with van der Waals surface area (Å²) in [6.45, 7) is 0.660. The van der Waals surface area contributed by atoms with E-state index < -0.39 is 5.95 Å². The van der Waals surface area contributed by atoms with Crippen molar-refractivity contribution in [3.8, 4) is 0 Å². The molecule has 2 aromatic heterocycles. The number of hydrogen-bond donors (Lipinski definition) is 1. The van der Waals surface area contributed by atoms with Gasteiger partial charge >= 0.3 is 0 Å². The Morgan fingerprint density at radius 3 is 3.00 bits per heavy atom. The molecular weight excluding hydrogens is 209 g/mol. The maximum Gasteiger partial charge on any atom is 0.214 e. The Hall–Kier alpha value is -1.98. The van der Waals surface area contributed by atoms with Crippen LogP contribution in [0.3, 0.4) is 0 Å². The fraction of sp³-hybridized carbons (Fsp3) is 0.300. The van der Waals surface area contributed by atoms with E-state index in [-0.39, 0.29) is 0 Å². The van der Waals surface area contributed by atoms with Crippen LogP contribution in [-0.2, 0) is 13.5 Å². The van der Waals surface area contributed by atoms with Crippen molar-refractivity contribution in [2.75, 3.05) is 11.9 Å². The number of aryl methyl sites for hydroxylation is 1. The zero-order valence-corrected chi connectivity index (χ0v) is 8.89. The van der Waals surface area contributed by atoms with Gasteiger partial charge in [0.1, 0.15) is 6.33 Å². The molecule has 2 heterocycles. The monoisotopic (exact) mass is 221 g/mol. The summed E-state index contributed by atoms with van der Waals surface area (Å²) in [5.74, 6) is 0.283. The second kappa shape index (κ2) is 4.69. The predicted molar refractivity (Wildman–Crippen MR) is 57.4 cm³/mol. The number of nitrogens with zero attached hydrogens (tertiary/aromatic N) is 4. The third-order valence-electron chi connectivity index (χ3n) is 2.05. The van der Waals surface area contributed by atoms with Gasteiger partial charge in [-0.05, 0) is 6.07 Å². The highest BCUT2D eigenvalue weighted by molar-refractivity contribution is 5.41. The van der Waals surface area contributed by atoms with Gasteiger partial charge in [-0.25, -0.2) is 9.97 Å². The van der Waals surface area contributed by atoms with E-state index in [2.05, 4.69) is 20.4 Å². The fourth-order valence-electron chi connectivity index (χ4n) is 1.33. The van der Waals surface area contributed by atoms with Gasteiger partial charge in [-0.2, -0.15) is 9.49 Å². The molecule has 0 saturated carbocycles. The summed E-state index contributed by atoms with van der Waals surface area (Å²) in [7, 11) is 1.82. The summed E-state index contributed by atoms with van der Waals surface area (Å²) in [6.07, 6.45) is 3.78. The molecule has 6 heteroatoms. The summed E-state index contributed by atoms with van der Waals surface area (Å²) >= 11 is 0. The Morgan fingerprint density at radius 2 is 2.31 bits per heavy atom. The summed E-state index contributed by atoms with van der Waals surface area (Å²) in [5.41, 5.74) is 0.712. The lowest BCUT2D eigenvalue weighted by Gasteiger charge is -2.03. The minimum atomic E-state index is -0.485. The molecule has 0 unspecified atom stereocenters. The predicted octanol–water partition coefficient (Wildman–Crippen LogP) is 1.00. The van der Waals surface area contributed by atoms with Crippen molar-refractivity contribution in [2.45, 2.75) is 6.42 Å². The van der Waals surface area contributed by atoms with Gasteiger partial charge in [-0.1, -0.05) is 0 Å². The van der Waals surface area contributed by atoms with E-state index in [1.54, 1.807) is 17.1 Å². The normalized spacial score (nSPS) is 10.4. The molecule has 0 spiro atoms. The van der Waals surface area contributed by atoms with E-state index in [1.165, 1.54) is 12.3 Å². The van der Waals surface area contributed by atoms with Crippen molar-refractivity contribution in [1.82, 2.24) is 19.7 Å². The van der Waals surface area contributed by atoms with Crippen LogP contribution in [0.5, 0.6) is 0 Å². The molecular formula is C10H12FN5. The molecule has 2 aromatic rings. The number of aromatic nitrogens is 4. The van der Waals surface area contributed by atoms with Crippen molar-refractivity contribution in [3.05, 3.63) is 36.4 Å². The SMILES string of the molecule is Cn1cnc(CCNc2ccnc(F)c2)n1. The third-order valence-corrected chi connectivity index (χ3v) is 2.05. The third kappa shape index (κ3) is 2.75. The number of rotatable bonds is 4. The second-order valence-electron chi connectivity index (χ2n) is 3.38. The first kappa shape index (κ1) is 10.5. The molecule has 0 radical (unpaired) electrons. The van der Waals surface area contributed by atoms with Crippen molar-refractivity contribution in [1.29, 1.82) is 0 Å².